The predicted molar refractivity (Wildman–Crippen MR) is 92.3 cm³/mol. The molecule has 0 aliphatic carbocycles. The lowest BCUT2D eigenvalue weighted by Crippen LogP contribution is -2.69. The van der Waals surface area contributed by atoms with Crippen molar-refractivity contribution in [1.82, 2.24) is 14.2 Å². The van der Waals surface area contributed by atoms with Crippen LogP contribution in [0.1, 0.15) is 12.0 Å². The number of nitrogens with two attached hydrogens (primary N) is 1. The number of fused-ring (bicyclic) bond motifs is 2. The largest absolute Gasteiger partial charge is 0.362 e. The molecule has 2 aliphatic rings. The Balaban J connectivity index is 1.49. The van der Waals surface area contributed by atoms with Gasteiger partial charge in [0, 0.05) is 23.6 Å². The van der Waals surface area contributed by atoms with Gasteiger partial charge in [0.2, 0.25) is 5.91 Å². The minimum atomic E-state index is -4.59. The zero-order chi connectivity index (χ0) is 18.6. The number of aromatic nitrogens is 1. The van der Waals surface area contributed by atoms with Crippen molar-refractivity contribution in [2.45, 2.75) is 31.0 Å². The molecule has 4 N–H and O–H groups in total. The van der Waals surface area contributed by atoms with Crippen LogP contribution in [-0.4, -0.2) is 63.6 Å². The first-order valence-corrected chi connectivity index (χ1v) is 9.60. The summed E-state index contributed by atoms with van der Waals surface area (Å²) < 4.78 is 32.0. The van der Waals surface area contributed by atoms with E-state index in [4.69, 9.17) is 10.3 Å². The Labute approximate surface area is 149 Å². The van der Waals surface area contributed by atoms with Crippen molar-refractivity contribution >= 4 is 33.0 Å². The van der Waals surface area contributed by atoms with Gasteiger partial charge in [-0.1, -0.05) is 18.2 Å². The highest BCUT2D eigenvalue weighted by Gasteiger charge is 2.60. The van der Waals surface area contributed by atoms with Gasteiger partial charge in [-0.3, -0.25) is 14.1 Å². The number of benzene rings is 1. The number of likely N-dealkylation sites (tertiary alicyclic amines) is 1. The standard InChI is InChI=1S/C16H18N4O5S/c17-11(7-9-8-18-12-4-2-1-3-10(9)12)15(21)19-6-5-13-14(19)16(22)20(13)26(23,24)25/h1-4,8,11,13-14,18H,5-7,17H2,(H,23,24,25)/t11-,13-,14+/m1/s1. The Kier molecular flexibility index (Phi) is 3.79. The summed E-state index contributed by atoms with van der Waals surface area (Å²) in [4.78, 5) is 29.2. The number of H-pyrrole nitrogens is 1. The second-order valence-electron chi connectivity index (χ2n) is 6.61. The number of nitrogens with one attached hydrogen (secondary N) is 1. The van der Waals surface area contributed by atoms with Crippen LogP contribution in [0, 0.1) is 0 Å². The molecule has 2 amide bonds. The third-order valence-corrected chi connectivity index (χ3v) is 6.05. The van der Waals surface area contributed by atoms with Gasteiger partial charge in [-0.05, 0) is 24.5 Å². The monoisotopic (exact) mass is 378 g/mol. The first-order valence-electron chi connectivity index (χ1n) is 8.21. The van der Waals surface area contributed by atoms with Crippen molar-refractivity contribution < 1.29 is 22.6 Å². The molecule has 0 radical (unpaired) electrons. The van der Waals surface area contributed by atoms with Crippen LogP contribution in [0.25, 0.3) is 10.9 Å². The zero-order valence-corrected chi connectivity index (χ0v) is 14.5. The molecule has 26 heavy (non-hydrogen) atoms. The molecule has 2 aromatic rings. The molecule has 0 saturated carbocycles. The van der Waals surface area contributed by atoms with E-state index in [1.807, 2.05) is 24.3 Å². The van der Waals surface area contributed by atoms with E-state index in [1.54, 1.807) is 6.20 Å². The van der Waals surface area contributed by atoms with E-state index in [2.05, 4.69) is 4.98 Å². The fraction of sp³-hybridized carbons (Fsp3) is 0.375. The normalized spacial score (nSPS) is 23.8. The Morgan fingerprint density at radius 3 is 2.85 bits per heavy atom. The second kappa shape index (κ2) is 5.79. The minimum Gasteiger partial charge on any atom is -0.361 e. The summed E-state index contributed by atoms with van der Waals surface area (Å²) in [6.45, 7) is 0.230. The number of rotatable bonds is 4. The topological polar surface area (TPSA) is 137 Å². The van der Waals surface area contributed by atoms with Gasteiger partial charge in [-0.25, -0.2) is 4.31 Å². The Morgan fingerprint density at radius 1 is 1.38 bits per heavy atom. The van der Waals surface area contributed by atoms with Gasteiger partial charge in [0.15, 0.2) is 0 Å². The molecular weight excluding hydrogens is 360 g/mol. The number of carbonyl (C=O) groups excluding carboxylic acids is 2. The summed E-state index contributed by atoms with van der Waals surface area (Å²) >= 11 is 0. The maximum absolute atomic E-state index is 12.7. The van der Waals surface area contributed by atoms with Crippen molar-refractivity contribution in [3.63, 3.8) is 0 Å². The summed E-state index contributed by atoms with van der Waals surface area (Å²) in [5.74, 6) is -1.19. The van der Waals surface area contributed by atoms with Crippen LogP contribution in [-0.2, 0) is 26.3 Å². The molecule has 2 saturated heterocycles. The molecular formula is C16H18N4O5S. The van der Waals surface area contributed by atoms with Gasteiger partial charge >= 0.3 is 10.3 Å². The third-order valence-electron chi connectivity index (χ3n) is 5.10. The number of hydrogen-bond acceptors (Lipinski definition) is 5. The maximum Gasteiger partial charge on any atom is 0.362 e. The Bertz CT molecular complexity index is 1000. The van der Waals surface area contributed by atoms with Crippen LogP contribution in [0.4, 0.5) is 0 Å². The van der Waals surface area contributed by atoms with Crippen molar-refractivity contribution in [1.29, 1.82) is 0 Å². The first kappa shape index (κ1) is 17.0. The number of para-hydroxylation sites is 1. The summed E-state index contributed by atoms with van der Waals surface area (Å²) in [5, 5.41) is 0.979. The molecule has 0 spiro atoms. The average molecular weight is 378 g/mol. The fourth-order valence-corrected chi connectivity index (χ4v) is 4.80. The molecule has 1 aromatic heterocycles. The highest BCUT2D eigenvalue weighted by Crippen LogP contribution is 2.36. The lowest BCUT2D eigenvalue weighted by molar-refractivity contribution is -0.152. The zero-order valence-electron chi connectivity index (χ0n) is 13.7. The van der Waals surface area contributed by atoms with Gasteiger partial charge in [-0.2, -0.15) is 8.42 Å². The number of aromatic amines is 1. The lowest BCUT2D eigenvalue weighted by atomic mass is 9.99. The van der Waals surface area contributed by atoms with Gasteiger partial charge in [0.25, 0.3) is 5.91 Å². The molecule has 138 valence electrons. The molecule has 0 unspecified atom stereocenters. The first-order chi connectivity index (χ1) is 12.3. The smallest absolute Gasteiger partial charge is 0.361 e. The Morgan fingerprint density at radius 2 is 2.12 bits per heavy atom. The van der Waals surface area contributed by atoms with Crippen LogP contribution in [0.2, 0.25) is 0 Å². The number of hydrogen-bond donors (Lipinski definition) is 3. The highest BCUT2D eigenvalue weighted by atomic mass is 32.2. The summed E-state index contributed by atoms with van der Waals surface area (Å²) in [6, 6.07) is 5.24. The molecule has 9 nitrogen and oxygen atoms in total. The number of amides is 2. The summed E-state index contributed by atoms with van der Waals surface area (Å²) in [5.41, 5.74) is 7.92. The number of β-lactam (4-membered cyclic amide) rings is 1. The van der Waals surface area contributed by atoms with Crippen LogP contribution >= 0.6 is 0 Å². The van der Waals surface area contributed by atoms with Crippen LogP contribution in [0.3, 0.4) is 0 Å². The van der Waals surface area contributed by atoms with Gasteiger partial charge in [0.05, 0.1) is 12.1 Å². The van der Waals surface area contributed by atoms with Crippen molar-refractivity contribution in [3.8, 4) is 0 Å². The average Bonchev–Trinajstić information content (AvgIpc) is 3.14. The molecule has 3 atom stereocenters. The minimum absolute atomic E-state index is 0.230. The SMILES string of the molecule is N[C@H](Cc1c[nH]c2ccccc12)C(=O)N1CC[C@@H]2[C@H]1C(=O)N2S(=O)(=O)O. The van der Waals surface area contributed by atoms with E-state index in [-0.39, 0.29) is 6.54 Å². The van der Waals surface area contributed by atoms with Crippen LogP contribution < -0.4 is 5.73 Å². The molecule has 2 fully saturated rings. The van der Waals surface area contributed by atoms with Gasteiger partial charge in [0.1, 0.15) is 6.04 Å². The van der Waals surface area contributed by atoms with E-state index in [0.29, 0.717) is 17.1 Å². The molecule has 1 aromatic carbocycles. The second-order valence-corrected chi connectivity index (χ2v) is 7.90. The van der Waals surface area contributed by atoms with Crippen LogP contribution in [0.5, 0.6) is 0 Å². The molecule has 4 rings (SSSR count). The molecule has 2 aliphatic heterocycles. The summed E-state index contributed by atoms with van der Waals surface area (Å²) in [7, 11) is -4.59. The predicted octanol–water partition coefficient (Wildman–Crippen LogP) is -0.348. The number of nitrogens with zero attached hydrogens (tertiary/aromatic N) is 2. The lowest BCUT2D eigenvalue weighted by Gasteiger charge is -2.42. The number of carbonyl (C=O) groups is 2. The van der Waals surface area contributed by atoms with E-state index in [0.717, 1.165) is 16.5 Å². The summed E-state index contributed by atoms with van der Waals surface area (Å²) in [6.07, 6.45) is 2.40. The van der Waals surface area contributed by atoms with Crippen molar-refractivity contribution in [3.05, 3.63) is 36.0 Å². The highest BCUT2D eigenvalue weighted by molar-refractivity contribution is 7.84. The quantitative estimate of drug-likeness (QED) is 0.491. The molecule has 10 heteroatoms. The van der Waals surface area contributed by atoms with Gasteiger partial charge in [-0.15, -0.1) is 0 Å². The van der Waals surface area contributed by atoms with Crippen molar-refractivity contribution in [2.75, 3.05) is 6.54 Å². The molecule has 3 heterocycles. The van der Waals surface area contributed by atoms with E-state index in [1.165, 1.54) is 4.90 Å². The molecule has 0 bridgehead atoms. The van der Waals surface area contributed by atoms with Crippen molar-refractivity contribution in [2.24, 2.45) is 5.73 Å². The fourth-order valence-electron chi connectivity index (χ4n) is 3.90. The maximum atomic E-state index is 12.7. The third kappa shape index (κ3) is 2.49. The van der Waals surface area contributed by atoms with E-state index in [9.17, 15) is 18.0 Å². The van der Waals surface area contributed by atoms with E-state index >= 15 is 0 Å². The Hall–Kier alpha value is -2.43. The van der Waals surface area contributed by atoms with Gasteiger partial charge < -0.3 is 15.6 Å². The van der Waals surface area contributed by atoms with Crippen LogP contribution in [0.15, 0.2) is 30.5 Å². The van der Waals surface area contributed by atoms with E-state index < -0.39 is 40.2 Å².